The lowest BCUT2D eigenvalue weighted by molar-refractivity contribution is -0.138. The molecule has 1 amide bonds. The lowest BCUT2D eigenvalue weighted by Gasteiger charge is -2.24. The van der Waals surface area contributed by atoms with Crippen molar-refractivity contribution in [2.75, 3.05) is 39.9 Å². The standard InChI is InChI=1S/C16H20N2O6/c1-17(9-15(20)21)11-7-18(8-12(11)19)16(22)10-2-3-13-14(6-10)24-5-4-23-13/h2-3,6,11-12,19H,4-5,7-9H2,1H3,(H,20,21)/t11-,12-/m1/s1. The van der Waals surface area contributed by atoms with Crippen molar-refractivity contribution in [3.05, 3.63) is 23.8 Å². The van der Waals surface area contributed by atoms with Crippen LogP contribution in [0.25, 0.3) is 0 Å². The summed E-state index contributed by atoms with van der Waals surface area (Å²) >= 11 is 0. The summed E-state index contributed by atoms with van der Waals surface area (Å²) in [5.74, 6) is -0.0525. The Morgan fingerprint density at radius 3 is 2.67 bits per heavy atom. The molecule has 1 fully saturated rings. The number of carboxylic acid groups (broad SMARTS) is 1. The van der Waals surface area contributed by atoms with Crippen LogP contribution in [0.4, 0.5) is 0 Å². The molecule has 0 saturated carbocycles. The molecule has 0 spiro atoms. The molecule has 2 heterocycles. The van der Waals surface area contributed by atoms with Gasteiger partial charge in [0.05, 0.1) is 18.7 Å². The second-order valence-corrected chi connectivity index (χ2v) is 6.01. The van der Waals surface area contributed by atoms with Gasteiger partial charge in [0.2, 0.25) is 0 Å². The van der Waals surface area contributed by atoms with Crippen molar-refractivity contribution in [1.29, 1.82) is 0 Å². The molecule has 8 nitrogen and oxygen atoms in total. The van der Waals surface area contributed by atoms with E-state index >= 15 is 0 Å². The summed E-state index contributed by atoms with van der Waals surface area (Å²) in [7, 11) is 1.63. The van der Waals surface area contributed by atoms with E-state index in [4.69, 9.17) is 14.6 Å². The lowest BCUT2D eigenvalue weighted by atomic mass is 10.1. The zero-order valence-corrected chi connectivity index (χ0v) is 13.3. The van der Waals surface area contributed by atoms with Crippen LogP contribution in [0.1, 0.15) is 10.4 Å². The average molecular weight is 336 g/mol. The lowest BCUT2D eigenvalue weighted by Crippen LogP contribution is -2.43. The summed E-state index contributed by atoms with van der Waals surface area (Å²) in [4.78, 5) is 26.5. The van der Waals surface area contributed by atoms with Crippen molar-refractivity contribution in [3.8, 4) is 11.5 Å². The van der Waals surface area contributed by atoms with Gasteiger partial charge in [-0.1, -0.05) is 0 Å². The molecular weight excluding hydrogens is 316 g/mol. The van der Waals surface area contributed by atoms with Gasteiger partial charge in [-0.3, -0.25) is 14.5 Å². The molecule has 0 radical (unpaired) electrons. The van der Waals surface area contributed by atoms with E-state index in [-0.39, 0.29) is 25.5 Å². The number of aliphatic hydroxyl groups excluding tert-OH is 1. The Labute approximate surface area is 139 Å². The normalized spacial score (nSPS) is 22.7. The number of hydrogen-bond donors (Lipinski definition) is 2. The number of aliphatic carboxylic acids is 1. The van der Waals surface area contributed by atoms with Gasteiger partial charge in [0.1, 0.15) is 13.2 Å². The molecule has 1 saturated heterocycles. The number of likely N-dealkylation sites (N-methyl/N-ethyl adjacent to an activating group) is 1. The quantitative estimate of drug-likeness (QED) is 0.776. The number of aliphatic hydroxyl groups is 1. The summed E-state index contributed by atoms with van der Waals surface area (Å²) in [6, 6.07) is 4.60. The van der Waals surface area contributed by atoms with Crippen molar-refractivity contribution < 1.29 is 29.3 Å². The van der Waals surface area contributed by atoms with E-state index in [0.717, 1.165) is 0 Å². The number of nitrogens with zero attached hydrogens (tertiary/aromatic N) is 2. The van der Waals surface area contributed by atoms with Crippen LogP contribution < -0.4 is 9.47 Å². The molecule has 0 bridgehead atoms. The number of fused-ring (bicyclic) bond motifs is 1. The Bertz CT molecular complexity index is 649. The van der Waals surface area contributed by atoms with Gasteiger partial charge in [-0.25, -0.2) is 0 Å². The first-order valence-corrected chi connectivity index (χ1v) is 7.74. The van der Waals surface area contributed by atoms with E-state index in [2.05, 4.69) is 0 Å². The highest BCUT2D eigenvalue weighted by Gasteiger charge is 2.37. The molecule has 3 rings (SSSR count). The Morgan fingerprint density at radius 2 is 1.96 bits per heavy atom. The number of β-amino-alcohol motifs (C(OH)–C–C–N with tert-alkyl or cyclic N) is 1. The summed E-state index contributed by atoms with van der Waals surface area (Å²) in [5, 5.41) is 19.0. The SMILES string of the molecule is CN(CC(=O)O)[C@@H]1CN(C(=O)c2ccc3c(c2)OCCO3)C[C@H]1O. The Balaban J connectivity index is 1.71. The number of carbonyl (C=O) groups excluding carboxylic acids is 1. The predicted molar refractivity (Wildman–Crippen MR) is 83.4 cm³/mol. The molecule has 24 heavy (non-hydrogen) atoms. The van der Waals surface area contributed by atoms with Crippen molar-refractivity contribution in [2.45, 2.75) is 12.1 Å². The number of carbonyl (C=O) groups is 2. The molecule has 0 aromatic heterocycles. The van der Waals surface area contributed by atoms with Crippen molar-refractivity contribution in [1.82, 2.24) is 9.80 Å². The van der Waals surface area contributed by atoms with Gasteiger partial charge in [-0.15, -0.1) is 0 Å². The van der Waals surface area contributed by atoms with Gasteiger partial charge < -0.3 is 24.6 Å². The number of carboxylic acids is 1. The van der Waals surface area contributed by atoms with E-state index in [0.29, 0.717) is 30.3 Å². The van der Waals surface area contributed by atoms with Crippen LogP contribution in [0.2, 0.25) is 0 Å². The monoisotopic (exact) mass is 336 g/mol. The van der Waals surface area contributed by atoms with Crippen LogP contribution in [0.15, 0.2) is 18.2 Å². The largest absolute Gasteiger partial charge is 0.486 e. The number of likely N-dealkylation sites (tertiary alicyclic amines) is 1. The average Bonchev–Trinajstić information content (AvgIpc) is 2.95. The third kappa shape index (κ3) is 3.29. The maximum Gasteiger partial charge on any atom is 0.317 e. The zero-order valence-electron chi connectivity index (χ0n) is 13.3. The third-order valence-corrected chi connectivity index (χ3v) is 4.29. The van der Waals surface area contributed by atoms with Gasteiger partial charge in [0.15, 0.2) is 11.5 Å². The first kappa shape index (κ1) is 16.5. The summed E-state index contributed by atoms with van der Waals surface area (Å²) in [6.45, 7) is 1.18. The van der Waals surface area contributed by atoms with Crippen LogP contribution in [0.5, 0.6) is 11.5 Å². The molecule has 130 valence electrons. The van der Waals surface area contributed by atoms with Crippen LogP contribution >= 0.6 is 0 Å². The first-order valence-electron chi connectivity index (χ1n) is 7.74. The predicted octanol–water partition coefficient (Wildman–Crippen LogP) is -0.340. The summed E-state index contributed by atoms with van der Waals surface area (Å²) < 4.78 is 10.9. The fourth-order valence-electron chi connectivity index (χ4n) is 3.06. The summed E-state index contributed by atoms with van der Waals surface area (Å²) in [6.07, 6.45) is -0.782. The third-order valence-electron chi connectivity index (χ3n) is 4.29. The van der Waals surface area contributed by atoms with E-state index in [1.54, 1.807) is 30.1 Å². The molecule has 2 atom stereocenters. The summed E-state index contributed by atoms with van der Waals surface area (Å²) in [5.41, 5.74) is 0.452. The molecule has 0 unspecified atom stereocenters. The number of hydrogen-bond acceptors (Lipinski definition) is 6. The van der Waals surface area contributed by atoms with Gasteiger partial charge in [-0.2, -0.15) is 0 Å². The highest BCUT2D eigenvalue weighted by Crippen LogP contribution is 2.31. The fraction of sp³-hybridized carbons (Fsp3) is 0.500. The minimum absolute atomic E-state index is 0.169. The van der Waals surface area contributed by atoms with Crippen LogP contribution in [0.3, 0.4) is 0 Å². The van der Waals surface area contributed by atoms with Gasteiger partial charge in [0, 0.05) is 18.7 Å². The smallest absolute Gasteiger partial charge is 0.317 e. The number of rotatable bonds is 4. The second kappa shape index (κ2) is 6.66. The van der Waals surface area contributed by atoms with Crippen molar-refractivity contribution in [2.24, 2.45) is 0 Å². The zero-order chi connectivity index (χ0) is 17.3. The molecular formula is C16H20N2O6. The van der Waals surface area contributed by atoms with E-state index in [9.17, 15) is 14.7 Å². The number of amides is 1. The Hall–Kier alpha value is -2.32. The van der Waals surface area contributed by atoms with E-state index in [1.165, 1.54) is 4.90 Å². The second-order valence-electron chi connectivity index (χ2n) is 6.01. The molecule has 0 aliphatic carbocycles. The van der Waals surface area contributed by atoms with Crippen molar-refractivity contribution >= 4 is 11.9 Å². The first-order chi connectivity index (χ1) is 11.5. The van der Waals surface area contributed by atoms with Crippen LogP contribution in [0, 0.1) is 0 Å². The highest BCUT2D eigenvalue weighted by molar-refractivity contribution is 5.95. The maximum atomic E-state index is 12.7. The maximum absolute atomic E-state index is 12.7. The Morgan fingerprint density at radius 1 is 1.25 bits per heavy atom. The van der Waals surface area contributed by atoms with E-state index < -0.39 is 18.1 Å². The number of benzene rings is 1. The van der Waals surface area contributed by atoms with E-state index in [1.807, 2.05) is 0 Å². The van der Waals surface area contributed by atoms with Gasteiger partial charge in [-0.05, 0) is 25.2 Å². The van der Waals surface area contributed by atoms with Gasteiger partial charge >= 0.3 is 5.97 Å². The number of ether oxygens (including phenoxy) is 2. The molecule has 2 aliphatic rings. The van der Waals surface area contributed by atoms with Crippen LogP contribution in [-0.4, -0.2) is 83.9 Å². The molecule has 8 heteroatoms. The topological polar surface area (TPSA) is 99.5 Å². The van der Waals surface area contributed by atoms with Crippen molar-refractivity contribution in [3.63, 3.8) is 0 Å². The molecule has 1 aromatic carbocycles. The minimum atomic E-state index is -0.971. The highest BCUT2D eigenvalue weighted by atomic mass is 16.6. The van der Waals surface area contributed by atoms with Crippen LogP contribution in [-0.2, 0) is 4.79 Å². The minimum Gasteiger partial charge on any atom is -0.486 e. The molecule has 1 aromatic rings. The molecule has 2 aliphatic heterocycles. The molecule has 2 N–H and O–H groups in total. The fourth-order valence-corrected chi connectivity index (χ4v) is 3.06. The van der Waals surface area contributed by atoms with Gasteiger partial charge in [0.25, 0.3) is 5.91 Å². The Kier molecular flexibility index (Phi) is 4.59.